The first-order valence-corrected chi connectivity index (χ1v) is 8.85. The molecule has 128 valence electrons. The molecule has 1 amide bonds. The maximum absolute atomic E-state index is 12.6. The van der Waals surface area contributed by atoms with Crippen molar-refractivity contribution >= 4 is 45.9 Å². The summed E-state index contributed by atoms with van der Waals surface area (Å²) in [6.45, 7) is 1.83. The van der Waals surface area contributed by atoms with E-state index in [0.29, 0.717) is 16.5 Å². The third-order valence-electron chi connectivity index (χ3n) is 3.58. The standard InChI is InChI=1S/C18H16ClN3O2S/c1-11(17(23)22-15-9-12(19)7-8-16(15)24-2)25-18-13-5-3-4-6-14(13)20-10-21-18/h3-11H,1-2H3,(H,22,23)/t11-/m1/s1. The van der Waals surface area contributed by atoms with Gasteiger partial charge in [-0.05, 0) is 31.2 Å². The second-order valence-corrected chi connectivity index (χ2v) is 7.06. The van der Waals surface area contributed by atoms with E-state index in [2.05, 4.69) is 15.3 Å². The zero-order chi connectivity index (χ0) is 17.8. The fraction of sp³-hybridized carbons (Fsp3) is 0.167. The predicted octanol–water partition coefficient (Wildman–Crippen LogP) is 4.41. The van der Waals surface area contributed by atoms with Gasteiger partial charge in [0.05, 0.1) is 23.6 Å². The minimum atomic E-state index is -0.359. The van der Waals surface area contributed by atoms with Crippen molar-refractivity contribution in [1.82, 2.24) is 9.97 Å². The summed E-state index contributed by atoms with van der Waals surface area (Å²) in [5.41, 5.74) is 1.39. The van der Waals surface area contributed by atoms with Gasteiger partial charge in [0.25, 0.3) is 0 Å². The van der Waals surface area contributed by atoms with Gasteiger partial charge >= 0.3 is 0 Å². The summed E-state index contributed by atoms with van der Waals surface area (Å²) >= 11 is 7.38. The summed E-state index contributed by atoms with van der Waals surface area (Å²) in [7, 11) is 1.55. The highest BCUT2D eigenvalue weighted by Crippen LogP contribution is 2.31. The first-order chi connectivity index (χ1) is 12.1. The summed E-state index contributed by atoms with van der Waals surface area (Å²) in [6.07, 6.45) is 1.51. The molecule has 0 unspecified atom stereocenters. The molecule has 0 radical (unpaired) electrons. The molecule has 25 heavy (non-hydrogen) atoms. The van der Waals surface area contributed by atoms with Crippen molar-refractivity contribution in [2.75, 3.05) is 12.4 Å². The normalized spacial score (nSPS) is 12.0. The fourth-order valence-electron chi connectivity index (χ4n) is 2.31. The quantitative estimate of drug-likeness (QED) is 0.530. The Morgan fingerprint density at radius 1 is 1.24 bits per heavy atom. The SMILES string of the molecule is COc1ccc(Cl)cc1NC(=O)[C@@H](C)Sc1ncnc2ccccc12. The Kier molecular flexibility index (Phi) is 5.40. The average molecular weight is 374 g/mol. The van der Waals surface area contributed by atoms with Crippen LogP contribution in [-0.2, 0) is 4.79 Å². The van der Waals surface area contributed by atoms with Crippen molar-refractivity contribution in [3.63, 3.8) is 0 Å². The molecule has 0 bridgehead atoms. The van der Waals surface area contributed by atoms with Crippen molar-refractivity contribution < 1.29 is 9.53 Å². The Morgan fingerprint density at radius 3 is 2.84 bits per heavy atom. The third kappa shape index (κ3) is 4.03. The molecule has 2 aromatic carbocycles. The highest BCUT2D eigenvalue weighted by atomic mass is 35.5. The molecule has 0 aliphatic carbocycles. The van der Waals surface area contributed by atoms with Gasteiger partial charge in [0.2, 0.25) is 5.91 Å². The molecular weight excluding hydrogens is 358 g/mol. The summed E-state index contributed by atoms with van der Waals surface area (Å²) < 4.78 is 5.26. The van der Waals surface area contributed by atoms with Gasteiger partial charge < -0.3 is 10.1 Å². The van der Waals surface area contributed by atoms with Crippen LogP contribution < -0.4 is 10.1 Å². The van der Waals surface area contributed by atoms with E-state index in [1.165, 1.54) is 18.1 Å². The highest BCUT2D eigenvalue weighted by Gasteiger charge is 2.18. The van der Waals surface area contributed by atoms with Crippen LogP contribution in [0.2, 0.25) is 5.02 Å². The second-order valence-electron chi connectivity index (χ2n) is 5.29. The van der Waals surface area contributed by atoms with E-state index < -0.39 is 0 Å². The van der Waals surface area contributed by atoms with Crippen molar-refractivity contribution in [3.05, 3.63) is 53.8 Å². The lowest BCUT2D eigenvalue weighted by atomic mass is 10.2. The molecule has 5 nitrogen and oxygen atoms in total. The van der Waals surface area contributed by atoms with Crippen LogP contribution in [0.3, 0.4) is 0 Å². The zero-order valence-electron chi connectivity index (χ0n) is 13.7. The predicted molar refractivity (Wildman–Crippen MR) is 101 cm³/mol. The van der Waals surface area contributed by atoms with E-state index in [9.17, 15) is 4.79 Å². The Morgan fingerprint density at radius 2 is 2.04 bits per heavy atom. The van der Waals surface area contributed by atoms with Gasteiger partial charge in [-0.3, -0.25) is 4.79 Å². The number of aromatic nitrogens is 2. The molecular formula is C18H16ClN3O2S. The van der Waals surface area contributed by atoms with Gasteiger partial charge in [0, 0.05) is 10.4 Å². The van der Waals surface area contributed by atoms with Gasteiger partial charge in [-0.1, -0.05) is 41.6 Å². The first-order valence-electron chi connectivity index (χ1n) is 7.59. The molecule has 0 spiro atoms. The molecule has 0 aliphatic heterocycles. The number of thioether (sulfide) groups is 1. The van der Waals surface area contributed by atoms with E-state index in [1.54, 1.807) is 25.3 Å². The number of nitrogens with zero attached hydrogens (tertiary/aromatic N) is 2. The van der Waals surface area contributed by atoms with Gasteiger partial charge in [-0.2, -0.15) is 0 Å². The number of amides is 1. The maximum atomic E-state index is 12.6. The van der Waals surface area contributed by atoms with E-state index in [0.717, 1.165) is 15.9 Å². The smallest absolute Gasteiger partial charge is 0.237 e. The molecule has 7 heteroatoms. The molecule has 0 saturated carbocycles. The number of anilines is 1. The van der Waals surface area contributed by atoms with Gasteiger partial charge in [0.15, 0.2) is 0 Å². The summed E-state index contributed by atoms with van der Waals surface area (Å²) in [6, 6.07) is 12.8. The van der Waals surface area contributed by atoms with Crippen LogP contribution in [0.1, 0.15) is 6.92 Å². The van der Waals surface area contributed by atoms with Gasteiger partial charge in [0.1, 0.15) is 17.1 Å². The zero-order valence-corrected chi connectivity index (χ0v) is 15.3. The molecule has 3 rings (SSSR count). The number of halogens is 1. The first kappa shape index (κ1) is 17.5. The van der Waals surface area contributed by atoms with Crippen LogP contribution in [-0.4, -0.2) is 28.2 Å². The maximum Gasteiger partial charge on any atom is 0.237 e. The van der Waals surface area contributed by atoms with E-state index in [4.69, 9.17) is 16.3 Å². The lowest BCUT2D eigenvalue weighted by molar-refractivity contribution is -0.115. The minimum absolute atomic E-state index is 0.159. The Bertz CT molecular complexity index is 914. The number of hydrogen-bond donors (Lipinski definition) is 1. The molecule has 1 atom stereocenters. The minimum Gasteiger partial charge on any atom is -0.495 e. The molecule has 0 fully saturated rings. The summed E-state index contributed by atoms with van der Waals surface area (Å²) in [5, 5.41) is 4.72. The number of nitrogens with one attached hydrogen (secondary N) is 1. The van der Waals surface area contributed by atoms with Crippen LogP contribution >= 0.6 is 23.4 Å². The monoisotopic (exact) mass is 373 g/mol. The molecule has 1 heterocycles. The largest absolute Gasteiger partial charge is 0.495 e. The Labute approximate surface area is 154 Å². The number of methoxy groups -OCH3 is 1. The molecule has 1 N–H and O–H groups in total. The molecule has 1 aromatic heterocycles. The molecule has 0 saturated heterocycles. The van der Waals surface area contributed by atoms with Crippen molar-refractivity contribution in [3.8, 4) is 5.75 Å². The highest BCUT2D eigenvalue weighted by molar-refractivity contribution is 8.00. The summed E-state index contributed by atoms with van der Waals surface area (Å²) in [4.78, 5) is 21.1. The summed E-state index contributed by atoms with van der Waals surface area (Å²) in [5.74, 6) is 0.399. The lowest BCUT2D eigenvalue weighted by Gasteiger charge is -2.14. The number of hydrogen-bond acceptors (Lipinski definition) is 5. The molecule has 0 aliphatic rings. The van der Waals surface area contributed by atoms with Crippen LogP contribution in [0.15, 0.2) is 53.8 Å². The van der Waals surface area contributed by atoms with E-state index >= 15 is 0 Å². The van der Waals surface area contributed by atoms with Crippen molar-refractivity contribution in [2.24, 2.45) is 0 Å². The number of carbonyl (C=O) groups is 1. The second kappa shape index (κ2) is 7.72. The van der Waals surface area contributed by atoms with Gasteiger partial charge in [-0.15, -0.1) is 0 Å². The molecule has 3 aromatic rings. The number of fused-ring (bicyclic) bond motifs is 1. The third-order valence-corrected chi connectivity index (χ3v) is 4.93. The Balaban J connectivity index is 1.78. The fourth-order valence-corrected chi connectivity index (χ4v) is 3.39. The van der Waals surface area contributed by atoms with Crippen molar-refractivity contribution in [1.29, 1.82) is 0 Å². The Hall–Kier alpha value is -2.31. The number of benzene rings is 2. The number of carbonyl (C=O) groups excluding carboxylic acids is 1. The van der Waals surface area contributed by atoms with Crippen LogP contribution in [0.5, 0.6) is 5.75 Å². The topological polar surface area (TPSA) is 64.1 Å². The van der Waals surface area contributed by atoms with Crippen molar-refractivity contribution in [2.45, 2.75) is 17.2 Å². The number of para-hydroxylation sites is 1. The van der Waals surface area contributed by atoms with E-state index in [-0.39, 0.29) is 11.2 Å². The van der Waals surface area contributed by atoms with Gasteiger partial charge in [-0.25, -0.2) is 9.97 Å². The average Bonchev–Trinajstić information content (AvgIpc) is 2.62. The van der Waals surface area contributed by atoms with E-state index in [1.807, 2.05) is 31.2 Å². The van der Waals surface area contributed by atoms with Crippen LogP contribution in [0.4, 0.5) is 5.69 Å². The number of rotatable bonds is 5. The lowest BCUT2D eigenvalue weighted by Crippen LogP contribution is -2.22. The number of ether oxygens (including phenoxy) is 1. The van der Waals surface area contributed by atoms with Crippen LogP contribution in [0, 0.1) is 0 Å². The van der Waals surface area contributed by atoms with Crippen LogP contribution in [0.25, 0.3) is 10.9 Å².